The van der Waals surface area contributed by atoms with E-state index < -0.39 is 11.7 Å². The predicted molar refractivity (Wildman–Crippen MR) is 69.1 cm³/mol. The molecule has 0 spiro atoms. The number of alkyl halides is 3. The molecular weight excluding hydrogens is 271 g/mol. The number of carbonyl (C=O) groups excluding carboxylic acids is 1. The van der Waals surface area contributed by atoms with Crippen molar-refractivity contribution in [3.05, 3.63) is 35.4 Å². The van der Waals surface area contributed by atoms with E-state index in [9.17, 15) is 18.0 Å². The average molecular weight is 289 g/mol. The van der Waals surface area contributed by atoms with Gasteiger partial charge in [0.2, 0.25) is 5.91 Å². The van der Waals surface area contributed by atoms with E-state index in [-0.39, 0.29) is 18.9 Å². The average Bonchev–Trinajstić information content (AvgIpc) is 2.39. The molecule has 0 atom stereocenters. The molecule has 0 radical (unpaired) electrons. The molecule has 0 saturated carbocycles. The van der Waals surface area contributed by atoms with Crippen molar-refractivity contribution in [2.75, 3.05) is 19.7 Å². The van der Waals surface area contributed by atoms with Gasteiger partial charge in [0.1, 0.15) is 0 Å². The molecular formula is C14H18F3NO2. The number of likely N-dealkylation sites (N-methyl/N-ethyl adjacent to an activating group) is 1. The Bertz CT molecular complexity index is 429. The molecule has 0 aliphatic heterocycles. The summed E-state index contributed by atoms with van der Waals surface area (Å²) in [6.45, 7) is 2.79. The van der Waals surface area contributed by atoms with Gasteiger partial charge in [0, 0.05) is 19.7 Å². The fourth-order valence-electron chi connectivity index (χ4n) is 1.82. The van der Waals surface area contributed by atoms with E-state index in [0.29, 0.717) is 25.1 Å². The van der Waals surface area contributed by atoms with Crippen molar-refractivity contribution in [3.63, 3.8) is 0 Å². The maximum Gasteiger partial charge on any atom is 0.416 e. The van der Waals surface area contributed by atoms with Crippen LogP contribution in [0.1, 0.15) is 24.5 Å². The smallest absolute Gasteiger partial charge is 0.396 e. The lowest BCUT2D eigenvalue weighted by atomic mass is 10.1. The van der Waals surface area contributed by atoms with Gasteiger partial charge in [-0.25, -0.2) is 0 Å². The summed E-state index contributed by atoms with van der Waals surface area (Å²) in [5.74, 6) is -0.152. The first-order valence-electron chi connectivity index (χ1n) is 6.43. The van der Waals surface area contributed by atoms with Gasteiger partial charge in [-0.1, -0.05) is 12.1 Å². The van der Waals surface area contributed by atoms with E-state index in [1.165, 1.54) is 12.1 Å². The zero-order valence-corrected chi connectivity index (χ0v) is 11.3. The minimum atomic E-state index is -4.36. The molecule has 1 rings (SSSR count). The minimum Gasteiger partial charge on any atom is -0.396 e. The number of rotatable bonds is 6. The van der Waals surface area contributed by atoms with Crippen molar-refractivity contribution in [1.29, 1.82) is 0 Å². The van der Waals surface area contributed by atoms with Gasteiger partial charge < -0.3 is 10.0 Å². The second-order valence-corrected chi connectivity index (χ2v) is 4.42. The van der Waals surface area contributed by atoms with E-state index in [1.807, 2.05) is 6.92 Å². The highest BCUT2D eigenvalue weighted by atomic mass is 19.4. The molecule has 0 heterocycles. The van der Waals surface area contributed by atoms with Crippen molar-refractivity contribution in [2.24, 2.45) is 0 Å². The van der Waals surface area contributed by atoms with Crippen LogP contribution in [0.4, 0.5) is 13.2 Å². The van der Waals surface area contributed by atoms with Gasteiger partial charge in [-0.05, 0) is 31.0 Å². The standard InChI is InChI=1S/C14H18F3NO2/c1-2-18(8-3-9-19)13(20)10-11-4-6-12(7-5-11)14(15,16)17/h4-7,19H,2-3,8-10H2,1H3. The molecule has 0 aromatic heterocycles. The molecule has 112 valence electrons. The van der Waals surface area contributed by atoms with Crippen molar-refractivity contribution in [2.45, 2.75) is 25.9 Å². The first-order valence-corrected chi connectivity index (χ1v) is 6.43. The summed E-state index contributed by atoms with van der Waals surface area (Å²) < 4.78 is 37.2. The number of halogens is 3. The topological polar surface area (TPSA) is 40.5 Å². The summed E-state index contributed by atoms with van der Waals surface area (Å²) >= 11 is 0. The quantitative estimate of drug-likeness (QED) is 0.874. The van der Waals surface area contributed by atoms with Crippen LogP contribution in [-0.2, 0) is 17.4 Å². The molecule has 3 nitrogen and oxygen atoms in total. The highest BCUT2D eigenvalue weighted by molar-refractivity contribution is 5.78. The molecule has 1 amide bonds. The zero-order valence-electron chi connectivity index (χ0n) is 11.3. The summed E-state index contributed by atoms with van der Waals surface area (Å²) in [6.07, 6.45) is -3.80. The van der Waals surface area contributed by atoms with E-state index in [0.717, 1.165) is 12.1 Å². The fourth-order valence-corrected chi connectivity index (χ4v) is 1.82. The Morgan fingerprint density at radius 3 is 2.30 bits per heavy atom. The van der Waals surface area contributed by atoms with Gasteiger partial charge in [-0.2, -0.15) is 13.2 Å². The van der Waals surface area contributed by atoms with E-state index in [2.05, 4.69) is 0 Å². The number of aliphatic hydroxyl groups is 1. The van der Waals surface area contributed by atoms with Crippen LogP contribution < -0.4 is 0 Å². The Labute approximate surface area is 116 Å². The summed E-state index contributed by atoms with van der Waals surface area (Å²) in [7, 11) is 0. The van der Waals surface area contributed by atoms with Crippen LogP contribution in [0.15, 0.2) is 24.3 Å². The number of aliphatic hydroxyl groups excluding tert-OH is 1. The second-order valence-electron chi connectivity index (χ2n) is 4.42. The number of carbonyl (C=O) groups is 1. The van der Waals surface area contributed by atoms with Crippen LogP contribution in [0.5, 0.6) is 0 Å². The lowest BCUT2D eigenvalue weighted by Crippen LogP contribution is -2.33. The van der Waals surface area contributed by atoms with Crippen LogP contribution in [0, 0.1) is 0 Å². The highest BCUT2D eigenvalue weighted by Gasteiger charge is 2.30. The van der Waals surface area contributed by atoms with Gasteiger partial charge in [-0.15, -0.1) is 0 Å². The SMILES string of the molecule is CCN(CCCO)C(=O)Cc1ccc(C(F)(F)F)cc1. The van der Waals surface area contributed by atoms with Gasteiger partial charge in [0.05, 0.1) is 12.0 Å². The van der Waals surface area contributed by atoms with Crippen molar-refractivity contribution < 1.29 is 23.1 Å². The number of nitrogens with zero attached hydrogens (tertiary/aromatic N) is 1. The van der Waals surface area contributed by atoms with Crippen molar-refractivity contribution in [1.82, 2.24) is 4.90 Å². The lowest BCUT2D eigenvalue weighted by Gasteiger charge is -2.20. The molecule has 0 aliphatic carbocycles. The van der Waals surface area contributed by atoms with Crippen LogP contribution in [0.25, 0.3) is 0 Å². The van der Waals surface area contributed by atoms with Gasteiger partial charge in [0.25, 0.3) is 0 Å². The lowest BCUT2D eigenvalue weighted by molar-refractivity contribution is -0.137. The molecule has 1 N–H and O–H groups in total. The largest absolute Gasteiger partial charge is 0.416 e. The third-order valence-electron chi connectivity index (χ3n) is 2.96. The van der Waals surface area contributed by atoms with Gasteiger partial charge in [-0.3, -0.25) is 4.79 Å². The Hall–Kier alpha value is -1.56. The highest BCUT2D eigenvalue weighted by Crippen LogP contribution is 2.29. The normalized spacial score (nSPS) is 11.4. The minimum absolute atomic E-state index is 0.00403. The molecule has 1 aromatic carbocycles. The van der Waals surface area contributed by atoms with E-state index in [4.69, 9.17) is 5.11 Å². The van der Waals surface area contributed by atoms with Crippen LogP contribution in [0.3, 0.4) is 0 Å². The Kier molecular flexibility index (Phi) is 6.01. The van der Waals surface area contributed by atoms with Crippen LogP contribution in [0.2, 0.25) is 0 Å². The molecule has 0 aliphatic rings. The molecule has 6 heteroatoms. The third-order valence-corrected chi connectivity index (χ3v) is 2.96. The number of benzene rings is 1. The van der Waals surface area contributed by atoms with Crippen molar-refractivity contribution >= 4 is 5.91 Å². The van der Waals surface area contributed by atoms with Gasteiger partial charge >= 0.3 is 6.18 Å². The summed E-state index contributed by atoms with van der Waals surface area (Å²) in [5.41, 5.74) is -0.174. The molecule has 0 fully saturated rings. The summed E-state index contributed by atoms with van der Waals surface area (Å²) in [5, 5.41) is 8.74. The van der Waals surface area contributed by atoms with Crippen LogP contribution >= 0.6 is 0 Å². The van der Waals surface area contributed by atoms with E-state index in [1.54, 1.807) is 4.90 Å². The number of amides is 1. The Morgan fingerprint density at radius 2 is 1.85 bits per heavy atom. The van der Waals surface area contributed by atoms with Gasteiger partial charge in [0.15, 0.2) is 0 Å². The van der Waals surface area contributed by atoms with E-state index >= 15 is 0 Å². The maximum absolute atomic E-state index is 12.4. The Morgan fingerprint density at radius 1 is 1.25 bits per heavy atom. The fraction of sp³-hybridized carbons (Fsp3) is 0.500. The molecule has 1 aromatic rings. The predicted octanol–water partition coefficient (Wildman–Crippen LogP) is 2.48. The summed E-state index contributed by atoms with van der Waals surface area (Å²) in [4.78, 5) is 13.5. The number of hydrogen-bond donors (Lipinski definition) is 1. The first-order chi connectivity index (χ1) is 9.38. The van der Waals surface area contributed by atoms with Crippen LogP contribution in [-0.4, -0.2) is 35.6 Å². The Balaban J connectivity index is 2.66. The monoisotopic (exact) mass is 289 g/mol. The van der Waals surface area contributed by atoms with Crippen molar-refractivity contribution in [3.8, 4) is 0 Å². The zero-order chi connectivity index (χ0) is 15.2. The first kappa shape index (κ1) is 16.5. The number of hydrogen-bond acceptors (Lipinski definition) is 2. The third kappa shape index (κ3) is 4.85. The molecule has 0 bridgehead atoms. The molecule has 0 saturated heterocycles. The molecule has 0 unspecified atom stereocenters. The second kappa shape index (κ2) is 7.28. The maximum atomic E-state index is 12.4. The molecule has 20 heavy (non-hydrogen) atoms. The summed E-state index contributed by atoms with van der Waals surface area (Å²) in [6, 6.07) is 4.60.